The van der Waals surface area contributed by atoms with E-state index in [9.17, 15) is 22.0 Å². The molecule has 0 aliphatic carbocycles. The fraction of sp³-hybridized carbons (Fsp3) is 0.188. The van der Waals surface area contributed by atoms with Crippen LogP contribution in [0.4, 0.5) is 8.78 Å². The van der Waals surface area contributed by atoms with Crippen LogP contribution in [-0.4, -0.2) is 20.6 Å². The number of hydrogen-bond acceptors (Lipinski definition) is 4. The topological polar surface area (TPSA) is 72.5 Å². The van der Waals surface area contributed by atoms with Gasteiger partial charge in [-0.15, -0.1) is 0 Å². The van der Waals surface area contributed by atoms with Gasteiger partial charge < -0.3 is 4.74 Å². The molecule has 128 valence electrons. The number of sulfonamides is 1. The van der Waals surface area contributed by atoms with Gasteiger partial charge in [-0.2, -0.15) is 0 Å². The zero-order chi connectivity index (χ0) is 17.9. The lowest BCUT2D eigenvalue weighted by molar-refractivity contribution is 0.0977. The van der Waals surface area contributed by atoms with Gasteiger partial charge in [0.1, 0.15) is 11.6 Å². The minimum absolute atomic E-state index is 0.367. The van der Waals surface area contributed by atoms with Crippen LogP contribution in [0.2, 0.25) is 0 Å². The summed E-state index contributed by atoms with van der Waals surface area (Å²) in [5.41, 5.74) is 0.0743. The van der Waals surface area contributed by atoms with Crippen LogP contribution >= 0.6 is 0 Å². The van der Waals surface area contributed by atoms with Crippen LogP contribution in [0.3, 0.4) is 0 Å². The Morgan fingerprint density at radius 2 is 1.79 bits per heavy atom. The Labute approximate surface area is 138 Å². The maximum atomic E-state index is 14.1. The molecule has 1 N–H and O–H groups in total. The number of halogens is 2. The first-order chi connectivity index (χ1) is 11.2. The minimum atomic E-state index is -3.89. The van der Waals surface area contributed by atoms with Crippen molar-refractivity contribution in [1.29, 1.82) is 0 Å². The van der Waals surface area contributed by atoms with Crippen molar-refractivity contribution in [2.24, 2.45) is 0 Å². The van der Waals surface area contributed by atoms with Crippen molar-refractivity contribution in [1.82, 2.24) is 4.72 Å². The molecule has 0 saturated heterocycles. The maximum Gasteiger partial charge on any atom is 0.267 e. The number of para-hydroxylation sites is 1. The average molecular weight is 355 g/mol. The molecule has 2 rings (SSSR count). The van der Waals surface area contributed by atoms with Crippen LogP contribution < -0.4 is 9.46 Å². The number of rotatable bonds is 5. The molecule has 0 radical (unpaired) electrons. The van der Waals surface area contributed by atoms with Gasteiger partial charge in [0.2, 0.25) is 10.0 Å². The van der Waals surface area contributed by atoms with Crippen LogP contribution in [-0.2, 0) is 16.4 Å². The van der Waals surface area contributed by atoms with Crippen LogP contribution in [0.5, 0.6) is 11.5 Å². The lowest BCUT2D eigenvalue weighted by Crippen LogP contribution is -2.30. The second-order valence-corrected chi connectivity index (χ2v) is 6.78. The molecule has 0 saturated carbocycles. The molecule has 8 heteroatoms. The van der Waals surface area contributed by atoms with E-state index in [0.29, 0.717) is 24.3 Å². The molecule has 0 aliphatic rings. The van der Waals surface area contributed by atoms with Crippen molar-refractivity contribution in [3.8, 4) is 11.5 Å². The Kier molecular flexibility index (Phi) is 5.18. The van der Waals surface area contributed by atoms with Crippen molar-refractivity contribution >= 4 is 15.9 Å². The van der Waals surface area contributed by atoms with E-state index in [1.54, 1.807) is 29.0 Å². The number of carbonyl (C=O) groups is 1. The SMILES string of the molecule is CCc1ccccc1Oc1cc(F)c(C(=O)NS(C)(=O)=O)cc1F. The molecule has 0 heterocycles. The molecule has 1 amide bonds. The number of hydrogen-bond donors (Lipinski definition) is 1. The number of benzene rings is 2. The molecule has 0 aliphatic heterocycles. The summed E-state index contributed by atoms with van der Waals surface area (Å²) in [6.45, 7) is 1.89. The third kappa shape index (κ3) is 4.29. The highest BCUT2D eigenvalue weighted by molar-refractivity contribution is 7.89. The number of nitrogens with one attached hydrogen (secondary N) is 1. The summed E-state index contributed by atoms with van der Waals surface area (Å²) >= 11 is 0. The first kappa shape index (κ1) is 17.9. The van der Waals surface area contributed by atoms with Crippen molar-refractivity contribution in [3.63, 3.8) is 0 Å². The van der Waals surface area contributed by atoms with Crippen molar-refractivity contribution in [2.75, 3.05) is 6.26 Å². The van der Waals surface area contributed by atoms with E-state index >= 15 is 0 Å². The number of carbonyl (C=O) groups excluding carboxylic acids is 1. The van der Waals surface area contributed by atoms with E-state index in [2.05, 4.69) is 0 Å². The van der Waals surface area contributed by atoms with E-state index in [0.717, 1.165) is 11.8 Å². The highest BCUT2D eigenvalue weighted by Gasteiger charge is 2.20. The van der Waals surface area contributed by atoms with E-state index in [1.807, 2.05) is 6.92 Å². The van der Waals surface area contributed by atoms with Gasteiger partial charge in [0.25, 0.3) is 5.91 Å². The first-order valence-electron chi connectivity index (χ1n) is 6.98. The molecule has 24 heavy (non-hydrogen) atoms. The van der Waals surface area contributed by atoms with Crippen molar-refractivity contribution in [3.05, 3.63) is 59.2 Å². The molecule has 2 aromatic rings. The monoisotopic (exact) mass is 355 g/mol. The highest BCUT2D eigenvalue weighted by atomic mass is 32.2. The number of aryl methyl sites for hydroxylation is 1. The van der Waals surface area contributed by atoms with Gasteiger partial charge in [0.05, 0.1) is 11.8 Å². The van der Waals surface area contributed by atoms with Crippen molar-refractivity contribution in [2.45, 2.75) is 13.3 Å². The first-order valence-corrected chi connectivity index (χ1v) is 8.87. The summed E-state index contributed by atoms with van der Waals surface area (Å²) in [5, 5.41) is 0. The fourth-order valence-electron chi connectivity index (χ4n) is 2.02. The number of ether oxygens (including phenoxy) is 1. The number of amides is 1. The van der Waals surface area contributed by atoms with Gasteiger partial charge >= 0.3 is 0 Å². The van der Waals surface area contributed by atoms with Crippen LogP contribution in [0.15, 0.2) is 36.4 Å². The van der Waals surface area contributed by atoms with Crippen LogP contribution in [0, 0.1) is 11.6 Å². The molecular formula is C16H15F2NO4S. The van der Waals surface area contributed by atoms with Gasteiger partial charge in [-0.1, -0.05) is 25.1 Å². The molecule has 0 fully saturated rings. The molecule has 0 atom stereocenters. The molecular weight excluding hydrogens is 340 g/mol. The van der Waals surface area contributed by atoms with Gasteiger partial charge in [0, 0.05) is 6.07 Å². The van der Waals surface area contributed by atoms with E-state index in [4.69, 9.17) is 4.74 Å². The normalized spacial score (nSPS) is 11.2. The van der Waals surface area contributed by atoms with Gasteiger partial charge in [-0.3, -0.25) is 4.79 Å². The van der Waals surface area contributed by atoms with Crippen LogP contribution in [0.1, 0.15) is 22.8 Å². The Balaban J connectivity index is 2.35. The van der Waals surface area contributed by atoms with Crippen molar-refractivity contribution < 1.29 is 26.7 Å². The molecule has 0 aromatic heterocycles. The van der Waals surface area contributed by atoms with Crippen LogP contribution in [0.25, 0.3) is 0 Å². The molecule has 0 spiro atoms. The average Bonchev–Trinajstić information content (AvgIpc) is 2.49. The third-order valence-corrected chi connectivity index (χ3v) is 3.67. The zero-order valence-corrected chi connectivity index (χ0v) is 13.8. The molecule has 2 aromatic carbocycles. The van der Waals surface area contributed by atoms with Gasteiger partial charge in [-0.05, 0) is 24.1 Å². The standard InChI is InChI=1S/C16H15F2NO4S/c1-3-10-6-4-5-7-14(10)23-15-9-12(17)11(8-13(15)18)16(20)19-24(2,21)22/h4-9H,3H2,1-2H3,(H,19,20). The second kappa shape index (κ2) is 6.96. The minimum Gasteiger partial charge on any atom is -0.454 e. The lowest BCUT2D eigenvalue weighted by atomic mass is 10.1. The largest absolute Gasteiger partial charge is 0.454 e. The Hall–Kier alpha value is -2.48. The smallest absolute Gasteiger partial charge is 0.267 e. The summed E-state index contributed by atoms with van der Waals surface area (Å²) in [6.07, 6.45) is 1.37. The quantitative estimate of drug-likeness (QED) is 0.895. The van der Waals surface area contributed by atoms with E-state index in [1.165, 1.54) is 0 Å². The Bertz CT molecular complexity index is 882. The zero-order valence-electron chi connectivity index (χ0n) is 13.0. The summed E-state index contributed by atoms with van der Waals surface area (Å²) in [7, 11) is -3.89. The van der Waals surface area contributed by atoms with E-state index in [-0.39, 0.29) is 0 Å². The second-order valence-electron chi connectivity index (χ2n) is 5.03. The summed E-state index contributed by atoms with van der Waals surface area (Å²) in [6, 6.07) is 8.19. The predicted molar refractivity (Wildman–Crippen MR) is 84.6 cm³/mol. The molecule has 0 unspecified atom stereocenters. The van der Waals surface area contributed by atoms with E-state index < -0.39 is 38.9 Å². The lowest BCUT2D eigenvalue weighted by Gasteiger charge is -2.12. The fourth-order valence-corrected chi connectivity index (χ4v) is 2.46. The highest BCUT2D eigenvalue weighted by Crippen LogP contribution is 2.29. The Morgan fingerprint density at radius 3 is 2.42 bits per heavy atom. The molecule has 0 bridgehead atoms. The maximum absolute atomic E-state index is 14.1. The summed E-state index contributed by atoms with van der Waals surface area (Å²) in [4.78, 5) is 11.7. The van der Waals surface area contributed by atoms with Gasteiger partial charge in [-0.25, -0.2) is 21.9 Å². The predicted octanol–water partition coefficient (Wildman–Crippen LogP) is 3.01. The molecule has 5 nitrogen and oxygen atoms in total. The Morgan fingerprint density at radius 1 is 1.12 bits per heavy atom. The third-order valence-electron chi connectivity index (χ3n) is 3.12. The summed E-state index contributed by atoms with van der Waals surface area (Å²) in [5.74, 6) is -3.37. The summed E-state index contributed by atoms with van der Waals surface area (Å²) < 4.78 is 57.2. The van der Waals surface area contributed by atoms with Gasteiger partial charge in [0.15, 0.2) is 11.6 Å².